The Morgan fingerprint density at radius 1 is 0.774 bits per heavy atom. The summed E-state index contributed by atoms with van der Waals surface area (Å²) < 4.78 is 0. The molecule has 3 atom stereocenters. The zero-order valence-electron chi connectivity index (χ0n) is 17.7. The second kappa shape index (κ2) is 8.28. The largest absolute Gasteiger partial charge is 0.380 e. The first kappa shape index (κ1) is 20.0. The van der Waals surface area contributed by atoms with Gasteiger partial charge in [0.15, 0.2) is 5.78 Å². The van der Waals surface area contributed by atoms with E-state index in [1.54, 1.807) is 0 Å². The Kier molecular flexibility index (Phi) is 5.33. The molecule has 5 rings (SSSR count). The molecule has 3 aromatic carbocycles. The highest BCUT2D eigenvalue weighted by atomic mass is 16.3. The van der Waals surface area contributed by atoms with Gasteiger partial charge in [-0.05, 0) is 48.8 Å². The van der Waals surface area contributed by atoms with E-state index in [0.717, 1.165) is 48.8 Å². The number of carbonyl (C=O) groups excluding carboxylic acids is 1. The van der Waals surface area contributed by atoms with Crippen molar-refractivity contribution >= 4 is 5.78 Å². The van der Waals surface area contributed by atoms with Crippen molar-refractivity contribution in [1.29, 1.82) is 0 Å². The summed E-state index contributed by atoms with van der Waals surface area (Å²) in [6, 6.07) is 29.6. The minimum absolute atomic E-state index is 0.0259. The quantitative estimate of drug-likeness (QED) is 0.399. The van der Waals surface area contributed by atoms with Gasteiger partial charge < -0.3 is 5.11 Å². The van der Waals surface area contributed by atoms with E-state index < -0.39 is 11.5 Å². The number of Topliss-reactive ketones (excluding diaryl/α,β-unsaturated/α-hetero) is 1. The first-order chi connectivity index (χ1) is 15.2. The van der Waals surface area contributed by atoms with Crippen LogP contribution in [0.5, 0.6) is 0 Å². The maximum absolute atomic E-state index is 14.1. The van der Waals surface area contributed by atoms with Gasteiger partial charge in [0.05, 0.1) is 5.92 Å². The number of hydrogen-bond acceptors (Lipinski definition) is 2. The van der Waals surface area contributed by atoms with Gasteiger partial charge in [-0.25, -0.2) is 0 Å². The van der Waals surface area contributed by atoms with Crippen LogP contribution in [0.2, 0.25) is 0 Å². The predicted octanol–water partition coefficient (Wildman–Crippen LogP) is 6.43. The fraction of sp³-hybridized carbons (Fsp3) is 0.276. The van der Waals surface area contributed by atoms with Crippen LogP contribution in [0.4, 0.5) is 0 Å². The lowest BCUT2D eigenvalue weighted by Crippen LogP contribution is -2.48. The third kappa shape index (κ3) is 3.45. The van der Waals surface area contributed by atoms with Gasteiger partial charge in [-0.3, -0.25) is 4.79 Å². The summed E-state index contributed by atoms with van der Waals surface area (Å²) in [7, 11) is 0. The molecular formula is C29H28O2. The van der Waals surface area contributed by atoms with Gasteiger partial charge in [0.25, 0.3) is 0 Å². The minimum atomic E-state index is -1.29. The highest BCUT2D eigenvalue weighted by Crippen LogP contribution is 2.55. The van der Waals surface area contributed by atoms with E-state index in [1.807, 2.05) is 78.9 Å². The van der Waals surface area contributed by atoms with Gasteiger partial charge in [-0.15, -0.1) is 0 Å². The van der Waals surface area contributed by atoms with Crippen LogP contribution < -0.4 is 0 Å². The average Bonchev–Trinajstić information content (AvgIpc) is 2.85. The molecule has 156 valence electrons. The average molecular weight is 409 g/mol. The van der Waals surface area contributed by atoms with E-state index in [2.05, 4.69) is 12.1 Å². The van der Waals surface area contributed by atoms with Crippen molar-refractivity contribution in [2.45, 2.75) is 43.6 Å². The summed E-state index contributed by atoms with van der Waals surface area (Å²) in [5, 5.41) is 12.6. The van der Waals surface area contributed by atoms with E-state index in [0.29, 0.717) is 5.56 Å². The molecule has 0 bridgehead atoms. The fourth-order valence-electron chi connectivity index (χ4n) is 5.73. The van der Waals surface area contributed by atoms with E-state index in [1.165, 1.54) is 5.57 Å². The summed E-state index contributed by atoms with van der Waals surface area (Å²) in [6.45, 7) is 0. The van der Waals surface area contributed by atoms with Crippen LogP contribution >= 0.6 is 0 Å². The van der Waals surface area contributed by atoms with Crippen LogP contribution in [0.25, 0.3) is 0 Å². The topological polar surface area (TPSA) is 37.3 Å². The van der Waals surface area contributed by atoms with Crippen molar-refractivity contribution in [1.82, 2.24) is 0 Å². The Morgan fingerprint density at radius 3 is 2.03 bits per heavy atom. The number of ketones is 1. The Balaban J connectivity index is 1.75. The fourth-order valence-corrected chi connectivity index (χ4v) is 5.73. The molecule has 1 N–H and O–H groups in total. The number of rotatable bonds is 4. The molecule has 0 aliphatic heterocycles. The number of allylic oxidation sites excluding steroid dienone is 1. The van der Waals surface area contributed by atoms with Crippen molar-refractivity contribution in [2.24, 2.45) is 5.92 Å². The lowest BCUT2D eigenvalue weighted by atomic mass is 9.57. The molecule has 0 spiro atoms. The maximum atomic E-state index is 14.1. The smallest absolute Gasteiger partial charge is 0.170 e. The Bertz CT molecular complexity index is 1090. The summed E-state index contributed by atoms with van der Waals surface area (Å²) in [5.74, 6) is -0.592. The van der Waals surface area contributed by atoms with E-state index >= 15 is 0 Å². The third-order valence-electron chi connectivity index (χ3n) is 7.14. The molecular weight excluding hydrogens is 380 g/mol. The molecule has 3 aromatic rings. The molecule has 0 amide bonds. The first-order valence-electron chi connectivity index (χ1n) is 11.3. The molecule has 0 unspecified atom stereocenters. The summed E-state index contributed by atoms with van der Waals surface area (Å²) in [5.41, 5.74) is 3.78. The van der Waals surface area contributed by atoms with Gasteiger partial charge >= 0.3 is 0 Å². The second-order valence-corrected chi connectivity index (χ2v) is 8.85. The molecule has 2 aliphatic carbocycles. The molecule has 0 saturated carbocycles. The molecule has 31 heavy (non-hydrogen) atoms. The zero-order valence-corrected chi connectivity index (χ0v) is 17.7. The van der Waals surface area contributed by atoms with Gasteiger partial charge in [-0.1, -0.05) is 96.6 Å². The number of aliphatic hydroxyl groups is 1. The van der Waals surface area contributed by atoms with Crippen LogP contribution in [0.3, 0.4) is 0 Å². The lowest BCUT2D eigenvalue weighted by Gasteiger charge is -2.48. The van der Waals surface area contributed by atoms with Crippen LogP contribution in [0.1, 0.15) is 59.5 Å². The molecule has 2 nitrogen and oxygen atoms in total. The minimum Gasteiger partial charge on any atom is -0.380 e. The van der Waals surface area contributed by atoms with Gasteiger partial charge in [0.1, 0.15) is 5.60 Å². The Labute approximate surface area is 184 Å². The molecule has 0 saturated heterocycles. The van der Waals surface area contributed by atoms with Crippen molar-refractivity contribution < 1.29 is 9.90 Å². The van der Waals surface area contributed by atoms with Gasteiger partial charge in [-0.2, -0.15) is 0 Å². The standard InChI is InChI=1S/C29H28O2/c30-28(22-14-6-2-7-15-22)27-25(21-12-4-1-5-13-21)20-23-16-10-11-19-26(23)29(27,31)24-17-8-3-9-18-24/h1-9,12-15,17-18,25,27,31H,10-11,16,19-20H2/t25-,27+,29+/m0/s1. The van der Waals surface area contributed by atoms with E-state index in [-0.39, 0.29) is 11.7 Å². The normalized spacial score (nSPS) is 25.7. The maximum Gasteiger partial charge on any atom is 0.170 e. The first-order valence-corrected chi connectivity index (χ1v) is 11.3. The monoisotopic (exact) mass is 408 g/mol. The summed E-state index contributed by atoms with van der Waals surface area (Å²) >= 11 is 0. The SMILES string of the molecule is O=C(c1ccccc1)[C@H]1[C@H](c2ccccc2)CC2=C(CCCC2)[C@]1(O)c1ccccc1. The summed E-state index contributed by atoms with van der Waals surface area (Å²) in [6.07, 6.45) is 4.94. The number of carbonyl (C=O) groups is 1. The van der Waals surface area contributed by atoms with Gasteiger partial charge in [0.2, 0.25) is 0 Å². The van der Waals surface area contributed by atoms with E-state index in [4.69, 9.17) is 0 Å². The van der Waals surface area contributed by atoms with Gasteiger partial charge in [0, 0.05) is 11.5 Å². The van der Waals surface area contributed by atoms with Crippen molar-refractivity contribution in [3.05, 3.63) is 119 Å². The molecule has 2 aliphatic rings. The number of benzene rings is 3. The molecule has 0 heterocycles. The molecule has 0 fully saturated rings. The summed E-state index contributed by atoms with van der Waals surface area (Å²) in [4.78, 5) is 14.1. The van der Waals surface area contributed by atoms with Crippen LogP contribution in [0, 0.1) is 5.92 Å². The second-order valence-electron chi connectivity index (χ2n) is 8.85. The predicted molar refractivity (Wildman–Crippen MR) is 124 cm³/mol. The molecule has 0 aromatic heterocycles. The highest BCUT2D eigenvalue weighted by molar-refractivity contribution is 6.00. The highest BCUT2D eigenvalue weighted by Gasteiger charge is 2.53. The zero-order chi connectivity index (χ0) is 21.3. The van der Waals surface area contributed by atoms with Crippen molar-refractivity contribution in [2.75, 3.05) is 0 Å². The molecule has 0 radical (unpaired) electrons. The van der Waals surface area contributed by atoms with Crippen LogP contribution in [-0.4, -0.2) is 10.9 Å². The lowest BCUT2D eigenvalue weighted by molar-refractivity contribution is -0.00675. The van der Waals surface area contributed by atoms with Crippen molar-refractivity contribution in [3.63, 3.8) is 0 Å². The third-order valence-corrected chi connectivity index (χ3v) is 7.14. The van der Waals surface area contributed by atoms with E-state index in [9.17, 15) is 9.90 Å². The molecule has 2 heteroatoms. The van der Waals surface area contributed by atoms with Crippen LogP contribution in [0.15, 0.2) is 102 Å². The number of hydrogen-bond donors (Lipinski definition) is 1. The van der Waals surface area contributed by atoms with Crippen molar-refractivity contribution in [3.8, 4) is 0 Å². The van der Waals surface area contributed by atoms with Crippen LogP contribution in [-0.2, 0) is 5.60 Å². The Morgan fingerprint density at radius 2 is 1.35 bits per heavy atom. The Hall–Kier alpha value is -2.97.